The fourth-order valence-corrected chi connectivity index (χ4v) is 1.39. The van der Waals surface area contributed by atoms with Crippen molar-refractivity contribution in [3.8, 4) is 0 Å². The summed E-state index contributed by atoms with van der Waals surface area (Å²) in [5.74, 6) is 0.420. The van der Waals surface area contributed by atoms with Gasteiger partial charge in [0.1, 0.15) is 0 Å². The summed E-state index contributed by atoms with van der Waals surface area (Å²) in [7, 11) is 0. The molecular formula is C8H16N2O. The van der Waals surface area contributed by atoms with Crippen LogP contribution in [0.15, 0.2) is 0 Å². The van der Waals surface area contributed by atoms with E-state index in [-0.39, 0.29) is 11.8 Å². The molecule has 1 saturated heterocycles. The highest BCUT2D eigenvalue weighted by Gasteiger charge is 2.19. The molecule has 64 valence electrons. The van der Waals surface area contributed by atoms with Crippen LogP contribution in [0.5, 0.6) is 0 Å². The van der Waals surface area contributed by atoms with Gasteiger partial charge >= 0.3 is 0 Å². The van der Waals surface area contributed by atoms with Gasteiger partial charge < -0.3 is 10.6 Å². The molecule has 1 unspecified atom stereocenters. The molecule has 0 aromatic rings. The molecule has 0 aromatic heterocycles. The molecule has 2 N–H and O–H groups in total. The minimum atomic E-state index is 0.208. The number of rotatable bonds is 2. The van der Waals surface area contributed by atoms with E-state index in [2.05, 4.69) is 10.6 Å². The molecule has 1 rings (SSSR count). The second-order valence-electron chi connectivity index (χ2n) is 2.94. The second-order valence-corrected chi connectivity index (χ2v) is 2.94. The number of hydrogen-bond donors (Lipinski definition) is 2. The predicted octanol–water partition coefficient (Wildman–Crippen LogP) is 0.122. The minimum absolute atomic E-state index is 0.208. The van der Waals surface area contributed by atoms with Crippen molar-refractivity contribution in [2.24, 2.45) is 5.92 Å². The van der Waals surface area contributed by atoms with Crippen molar-refractivity contribution in [3.05, 3.63) is 0 Å². The summed E-state index contributed by atoms with van der Waals surface area (Å²) in [6.07, 6.45) is 2.17. The zero-order chi connectivity index (χ0) is 8.10. The monoisotopic (exact) mass is 156 g/mol. The molecule has 11 heavy (non-hydrogen) atoms. The third kappa shape index (κ3) is 2.50. The van der Waals surface area contributed by atoms with Crippen LogP contribution in [0.4, 0.5) is 0 Å². The summed E-state index contributed by atoms with van der Waals surface area (Å²) in [6.45, 7) is 4.62. The molecule has 0 aliphatic carbocycles. The highest BCUT2D eigenvalue weighted by molar-refractivity contribution is 5.78. The lowest BCUT2D eigenvalue weighted by Crippen LogP contribution is -2.40. The molecule has 0 saturated carbocycles. The first-order valence-electron chi connectivity index (χ1n) is 4.33. The highest BCUT2D eigenvalue weighted by Crippen LogP contribution is 2.08. The SMILES string of the molecule is CCNC(=O)C1CCCNC1. The van der Waals surface area contributed by atoms with E-state index < -0.39 is 0 Å². The van der Waals surface area contributed by atoms with Gasteiger partial charge in [-0.05, 0) is 26.3 Å². The van der Waals surface area contributed by atoms with Crippen molar-refractivity contribution in [1.29, 1.82) is 0 Å². The molecule has 3 nitrogen and oxygen atoms in total. The van der Waals surface area contributed by atoms with Crippen molar-refractivity contribution < 1.29 is 4.79 Å². The van der Waals surface area contributed by atoms with Gasteiger partial charge in [-0.3, -0.25) is 4.79 Å². The molecule has 3 heteroatoms. The van der Waals surface area contributed by atoms with Gasteiger partial charge in [-0.2, -0.15) is 0 Å². The molecule has 1 amide bonds. The van der Waals surface area contributed by atoms with Crippen LogP contribution in [0.3, 0.4) is 0 Å². The van der Waals surface area contributed by atoms with Gasteiger partial charge in [0.05, 0.1) is 5.92 Å². The van der Waals surface area contributed by atoms with Crippen LogP contribution in [-0.4, -0.2) is 25.5 Å². The van der Waals surface area contributed by atoms with Crippen molar-refractivity contribution >= 4 is 5.91 Å². The van der Waals surface area contributed by atoms with Crippen molar-refractivity contribution in [1.82, 2.24) is 10.6 Å². The first-order valence-corrected chi connectivity index (χ1v) is 4.33. The summed E-state index contributed by atoms with van der Waals surface area (Å²) in [6, 6.07) is 0. The fourth-order valence-electron chi connectivity index (χ4n) is 1.39. The number of carbonyl (C=O) groups is 1. The van der Waals surface area contributed by atoms with Crippen LogP contribution in [0, 0.1) is 5.92 Å². The van der Waals surface area contributed by atoms with Crippen LogP contribution in [0.25, 0.3) is 0 Å². The maximum absolute atomic E-state index is 11.2. The van der Waals surface area contributed by atoms with Crippen LogP contribution < -0.4 is 10.6 Å². The molecule has 0 radical (unpaired) electrons. The van der Waals surface area contributed by atoms with Crippen LogP contribution in [0.2, 0.25) is 0 Å². The van der Waals surface area contributed by atoms with Crippen molar-refractivity contribution in [3.63, 3.8) is 0 Å². The second kappa shape index (κ2) is 4.34. The number of carbonyl (C=O) groups excluding carboxylic acids is 1. The van der Waals surface area contributed by atoms with E-state index in [1.165, 1.54) is 0 Å². The average Bonchev–Trinajstić information content (AvgIpc) is 2.07. The van der Waals surface area contributed by atoms with Gasteiger partial charge in [-0.1, -0.05) is 0 Å². The number of piperidine rings is 1. The molecule has 1 fully saturated rings. The first-order chi connectivity index (χ1) is 5.34. The Morgan fingerprint density at radius 3 is 3.09 bits per heavy atom. The zero-order valence-electron chi connectivity index (χ0n) is 7.02. The van der Waals surface area contributed by atoms with E-state index in [4.69, 9.17) is 0 Å². The minimum Gasteiger partial charge on any atom is -0.356 e. The van der Waals surface area contributed by atoms with E-state index in [0.29, 0.717) is 0 Å². The molecular weight excluding hydrogens is 140 g/mol. The van der Waals surface area contributed by atoms with E-state index >= 15 is 0 Å². The van der Waals surface area contributed by atoms with E-state index in [1.54, 1.807) is 0 Å². The third-order valence-electron chi connectivity index (χ3n) is 2.02. The highest BCUT2D eigenvalue weighted by atomic mass is 16.1. The summed E-state index contributed by atoms with van der Waals surface area (Å²) < 4.78 is 0. The summed E-state index contributed by atoms with van der Waals surface area (Å²) in [4.78, 5) is 11.2. The van der Waals surface area contributed by atoms with Gasteiger partial charge in [0.15, 0.2) is 0 Å². The lowest BCUT2D eigenvalue weighted by molar-refractivity contribution is -0.125. The Bertz CT molecular complexity index is 130. The third-order valence-corrected chi connectivity index (χ3v) is 2.02. The maximum atomic E-state index is 11.2. The van der Waals surface area contributed by atoms with E-state index in [9.17, 15) is 4.79 Å². The summed E-state index contributed by atoms with van der Waals surface area (Å²) in [5, 5.41) is 6.05. The maximum Gasteiger partial charge on any atom is 0.224 e. The Balaban J connectivity index is 2.27. The molecule has 0 bridgehead atoms. The van der Waals surface area contributed by atoms with Gasteiger partial charge in [-0.25, -0.2) is 0 Å². The zero-order valence-corrected chi connectivity index (χ0v) is 7.02. The quantitative estimate of drug-likeness (QED) is 0.596. The van der Waals surface area contributed by atoms with Gasteiger partial charge in [0, 0.05) is 13.1 Å². The smallest absolute Gasteiger partial charge is 0.224 e. The van der Waals surface area contributed by atoms with Gasteiger partial charge in [0.2, 0.25) is 5.91 Å². The molecule has 0 aromatic carbocycles. The molecule has 1 aliphatic heterocycles. The topological polar surface area (TPSA) is 41.1 Å². The Hall–Kier alpha value is -0.570. The number of nitrogens with one attached hydrogen (secondary N) is 2. The van der Waals surface area contributed by atoms with Gasteiger partial charge in [-0.15, -0.1) is 0 Å². The van der Waals surface area contributed by atoms with E-state index in [1.807, 2.05) is 6.92 Å². The summed E-state index contributed by atoms with van der Waals surface area (Å²) in [5.41, 5.74) is 0. The standard InChI is InChI=1S/C8H16N2O/c1-2-10-8(11)7-4-3-5-9-6-7/h7,9H,2-6H2,1H3,(H,10,11). The lowest BCUT2D eigenvalue weighted by Gasteiger charge is -2.21. The predicted molar refractivity (Wildman–Crippen MR) is 44.3 cm³/mol. The first kappa shape index (κ1) is 8.53. The van der Waals surface area contributed by atoms with E-state index in [0.717, 1.165) is 32.5 Å². The molecule has 1 aliphatic rings. The Morgan fingerprint density at radius 2 is 2.55 bits per heavy atom. The number of hydrogen-bond acceptors (Lipinski definition) is 2. The fraction of sp³-hybridized carbons (Fsp3) is 0.875. The normalized spacial score (nSPS) is 24.6. The van der Waals surface area contributed by atoms with Gasteiger partial charge in [0.25, 0.3) is 0 Å². The number of amides is 1. The Labute approximate surface area is 67.5 Å². The van der Waals surface area contributed by atoms with Crippen LogP contribution >= 0.6 is 0 Å². The van der Waals surface area contributed by atoms with Crippen LogP contribution in [0.1, 0.15) is 19.8 Å². The lowest BCUT2D eigenvalue weighted by atomic mass is 9.99. The molecule has 1 atom stereocenters. The summed E-state index contributed by atoms with van der Waals surface area (Å²) >= 11 is 0. The average molecular weight is 156 g/mol. The van der Waals surface area contributed by atoms with Crippen LogP contribution in [-0.2, 0) is 4.79 Å². The Kier molecular flexibility index (Phi) is 3.36. The molecule has 1 heterocycles. The largest absolute Gasteiger partial charge is 0.356 e. The Morgan fingerprint density at radius 1 is 1.73 bits per heavy atom. The molecule has 0 spiro atoms. The van der Waals surface area contributed by atoms with Crippen molar-refractivity contribution in [2.45, 2.75) is 19.8 Å². The van der Waals surface area contributed by atoms with Crippen molar-refractivity contribution in [2.75, 3.05) is 19.6 Å².